The number of nitrogens with zero attached hydrogens (tertiary/aromatic N) is 3. The van der Waals surface area contributed by atoms with Crippen LogP contribution in [-0.4, -0.2) is 15.0 Å². The topological polar surface area (TPSA) is 38.7 Å². The maximum absolute atomic E-state index is 5.12. The Balaban J connectivity index is 1.11. The molecule has 0 aliphatic heterocycles. The lowest BCUT2D eigenvalue weighted by molar-refractivity contribution is 1.07. The summed E-state index contributed by atoms with van der Waals surface area (Å²) >= 11 is 0. The fourth-order valence-corrected chi connectivity index (χ4v) is 7.82. The minimum atomic E-state index is 0.631. The third kappa shape index (κ3) is 6.21. The van der Waals surface area contributed by atoms with Gasteiger partial charge in [0.15, 0.2) is 17.5 Å². The molecule has 0 aliphatic rings. The van der Waals surface area contributed by atoms with Crippen LogP contribution in [0.3, 0.4) is 0 Å². The van der Waals surface area contributed by atoms with Crippen LogP contribution in [-0.2, 0) is 0 Å². The number of hydrogen-bond acceptors (Lipinski definition) is 3. The molecule has 10 aromatic rings. The Bertz CT molecular complexity index is 2920. The minimum Gasteiger partial charge on any atom is -0.208 e. The van der Waals surface area contributed by atoms with Gasteiger partial charge in [0.05, 0.1) is 0 Å². The van der Waals surface area contributed by atoms with E-state index in [2.05, 4.69) is 176 Å². The zero-order valence-corrected chi connectivity index (χ0v) is 30.5. The lowest BCUT2D eigenvalue weighted by Gasteiger charge is -2.18. The van der Waals surface area contributed by atoms with Crippen LogP contribution in [0.4, 0.5) is 0 Å². The Hall–Kier alpha value is -7.49. The van der Waals surface area contributed by atoms with E-state index in [-0.39, 0.29) is 0 Å². The average Bonchev–Trinajstić information content (AvgIpc) is 3.29. The molecule has 0 saturated heterocycles. The van der Waals surface area contributed by atoms with Gasteiger partial charge in [0.2, 0.25) is 0 Å². The van der Waals surface area contributed by atoms with Gasteiger partial charge in [-0.2, -0.15) is 0 Å². The van der Waals surface area contributed by atoms with Gasteiger partial charge in [-0.1, -0.05) is 206 Å². The lowest BCUT2D eigenvalue weighted by Crippen LogP contribution is -2.00. The van der Waals surface area contributed by atoms with Crippen LogP contribution in [0, 0.1) is 0 Å². The highest BCUT2D eigenvalue weighted by molar-refractivity contribution is 6.21. The molecule has 0 saturated carbocycles. The second kappa shape index (κ2) is 14.4. The number of benzene rings is 9. The molecule has 0 spiro atoms. The van der Waals surface area contributed by atoms with E-state index in [1.54, 1.807) is 0 Å². The molecular weight excluding hydrogens is 679 g/mol. The maximum Gasteiger partial charge on any atom is 0.164 e. The van der Waals surface area contributed by atoms with Crippen molar-refractivity contribution in [3.8, 4) is 78.7 Å². The van der Waals surface area contributed by atoms with E-state index in [1.165, 1.54) is 54.9 Å². The van der Waals surface area contributed by atoms with Gasteiger partial charge < -0.3 is 0 Å². The van der Waals surface area contributed by atoms with Crippen LogP contribution in [0.15, 0.2) is 212 Å². The first kappa shape index (κ1) is 33.1. The van der Waals surface area contributed by atoms with Crippen molar-refractivity contribution in [2.24, 2.45) is 0 Å². The molecule has 262 valence electrons. The van der Waals surface area contributed by atoms with Crippen molar-refractivity contribution in [3.63, 3.8) is 0 Å². The molecule has 0 aliphatic carbocycles. The van der Waals surface area contributed by atoms with Crippen molar-refractivity contribution in [1.29, 1.82) is 0 Å². The SMILES string of the molecule is c1ccc(-c2ccc(-c3nc(-c4ccccc4)nc(-c4cccc(-c5c6ccccc6c(-c6ccc(-c7ccccc7)cc6)c6ccccc56)c4)n3)cc2)cc1. The molecule has 0 unspecified atom stereocenters. The highest BCUT2D eigenvalue weighted by Crippen LogP contribution is 2.44. The lowest BCUT2D eigenvalue weighted by atomic mass is 9.85. The third-order valence-corrected chi connectivity index (χ3v) is 10.5. The first-order valence-electron chi connectivity index (χ1n) is 18.9. The molecule has 0 bridgehead atoms. The highest BCUT2D eigenvalue weighted by atomic mass is 15.0. The molecule has 9 aromatic carbocycles. The van der Waals surface area contributed by atoms with Crippen molar-refractivity contribution in [3.05, 3.63) is 212 Å². The first-order chi connectivity index (χ1) is 27.8. The van der Waals surface area contributed by atoms with E-state index >= 15 is 0 Å². The molecule has 3 nitrogen and oxygen atoms in total. The Morgan fingerprint density at radius 3 is 0.946 bits per heavy atom. The van der Waals surface area contributed by atoms with E-state index in [4.69, 9.17) is 15.0 Å². The molecule has 0 radical (unpaired) electrons. The standard InChI is InChI=1S/C53H35N3/c1-4-15-36(16-5-1)38-27-31-40(32-28-38)49-45-23-10-12-25-47(45)50(48-26-13-11-24-46(48)49)43-21-14-22-44(35-43)53-55-51(41-19-8-3-9-20-41)54-52(56-53)42-33-29-39(30-34-42)37-17-6-2-7-18-37/h1-35H. The van der Waals surface area contributed by atoms with Gasteiger partial charge in [0.1, 0.15) is 0 Å². The molecule has 0 N–H and O–H groups in total. The van der Waals surface area contributed by atoms with Crippen LogP contribution >= 0.6 is 0 Å². The predicted molar refractivity (Wildman–Crippen MR) is 233 cm³/mol. The number of hydrogen-bond donors (Lipinski definition) is 0. The smallest absolute Gasteiger partial charge is 0.164 e. The summed E-state index contributed by atoms with van der Waals surface area (Å²) in [6, 6.07) is 74.8. The van der Waals surface area contributed by atoms with Gasteiger partial charge in [-0.25, -0.2) is 15.0 Å². The zero-order valence-electron chi connectivity index (χ0n) is 30.5. The predicted octanol–water partition coefficient (Wildman–Crippen LogP) is 13.8. The van der Waals surface area contributed by atoms with Crippen molar-refractivity contribution >= 4 is 21.5 Å². The number of aromatic nitrogens is 3. The summed E-state index contributed by atoms with van der Waals surface area (Å²) in [4.78, 5) is 15.2. The highest BCUT2D eigenvalue weighted by Gasteiger charge is 2.18. The Labute approximate surface area is 326 Å². The van der Waals surface area contributed by atoms with E-state index in [9.17, 15) is 0 Å². The van der Waals surface area contributed by atoms with Gasteiger partial charge in [0, 0.05) is 16.7 Å². The van der Waals surface area contributed by atoms with Crippen molar-refractivity contribution < 1.29 is 0 Å². The molecule has 1 heterocycles. The zero-order chi connectivity index (χ0) is 37.3. The summed E-state index contributed by atoms with van der Waals surface area (Å²) in [5.41, 5.74) is 12.3. The molecule has 0 fully saturated rings. The molecular formula is C53H35N3. The second-order valence-corrected chi connectivity index (χ2v) is 14.0. The first-order valence-corrected chi connectivity index (χ1v) is 18.9. The summed E-state index contributed by atoms with van der Waals surface area (Å²) in [6.07, 6.45) is 0. The van der Waals surface area contributed by atoms with E-state index in [1.807, 2.05) is 36.4 Å². The van der Waals surface area contributed by atoms with Crippen molar-refractivity contribution in [1.82, 2.24) is 15.0 Å². The third-order valence-electron chi connectivity index (χ3n) is 10.5. The minimum absolute atomic E-state index is 0.631. The van der Waals surface area contributed by atoms with Gasteiger partial charge >= 0.3 is 0 Å². The van der Waals surface area contributed by atoms with Gasteiger partial charge in [0.25, 0.3) is 0 Å². The van der Waals surface area contributed by atoms with E-state index in [0.717, 1.165) is 27.8 Å². The summed E-state index contributed by atoms with van der Waals surface area (Å²) in [7, 11) is 0. The van der Waals surface area contributed by atoms with Gasteiger partial charge in [-0.3, -0.25) is 0 Å². The van der Waals surface area contributed by atoms with Crippen molar-refractivity contribution in [2.75, 3.05) is 0 Å². The fraction of sp³-hybridized carbons (Fsp3) is 0. The Kier molecular flexibility index (Phi) is 8.51. The fourth-order valence-electron chi connectivity index (χ4n) is 7.82. The molecule has 0 atom stereocenters. The quantitative estimate of drug-likeness (QED) is 0.154. The summed E-state index contributed by atoms with van der Waals surface area (Å²) < 4.78 is 0. The van der Waals surface area contributed by atoms with Gasteiger partial charge in [-0.05, 0) is 72.1 Å². The molecule has 1 aromatic heterocycles. The Morgan fingerprint density at radius 2 is 0.482 bits per heavy atom. The largest absolute Gasteiger partial charge is 0.208 e. The number of fused-ring (bicyclic) bond motifs is 2. The van der Waals surface area contributed by atoms with Crippen LogP contribution in [0.2, 0.25) is 0 Å². The maximum atomic E-state index is 5.12. The van der Waals surface area contributed by atoms with E-state index in [0.29, 0.717) is 17.5 Å². The summed E-state index contributed by atoms with van der Waals surface area (Å²) in [6.45, 7) is 0. The normalized spacial score (nSPS) is 11.2. The molecule has 0 amide bonds. The summed E-state index contributed by atoms with van der Waals surface area (Å²) in [5, 5.41) is 4.83. The molecule has 10 rings (SSSR count). The van der Waals surface area contributed by atoms with Crippen LogP contribution in [0.25, 0.3) is 100 Å². The number of rotatable bonds is 7. The van der Waals surface area contributed by atoms with Crippen LogP contribution in [0.5, 0.6) is 0 Å². The summed E-state index contributed by atoms with van der Waals surface area (Å²) in [5.74, 6) is 1.91. The van der Waals surface area contributed by atoms with Crippen LogP contribution in [0.1, 0.15) is 0 Å². The molecule has 3 heteroatoms. The Morgan fingerprint density at radius 1 is 0.196 bits per heavy atom. The van der Waals surface area contributed by atoms with Crippen molar-refractivity contribution in [2.45, 2.75) is 0 Å². The van der Waals surface area contributed by atoms with E-state index < -0.39 is 0 Å². The van der Waals surface area contributed by atoms with Gasteiger partial charge in [-0.15, -0.1) is 0 Å². The molecule has 56 heavy (non-hydrogen) atoms. The average molecular weight is 714 g/mol. The second-order valence-electron chi connectivity index (χ2n) is 14.0. The monoisotopic (exact) mass is 713 g/mol. The van der Waals surface area contributed by atoms with Crippen LogP contribution < -0.4 is 0 Å².